The first kappa shape index (κ1) is 22.1. The van der Waals surface area contributed by atoms with Gasteiger partial charge in [0.15, 0.2) is 0 Å². The summed E-state index contributed by atoms with van der Waals surface area (Å²) in [5.41, 5.74) is 3.47. The molecule has 0 spiro atoms. The van der Waals surface area contributed by atoms with Gasteiger partial charge in [-0.25, -0.2) is 4.98 Å². The van der Waals surface area contributed by atoms with Crippen molar-refractivity contribution in [1.82, 2.24) is 19.4 Å². The lowest BCUT2D eigenvalue weighted by Gasteiger charge is -2.35. The van der Waals surface area contributed by atoms with E-state index in [4.69, 9.17) is 4.74 Å². The van der Waals surface area contributed by atoms with Crippen LogP contribution in [0.1, 0.15) is 10.6 Å². The normalized spacial score (nSPS) is 16.3. The number of aliphatic hydroxyl groups is 1. The van der Waals surface area contributed by atoms with E-state index in [1.807, 2.05) is 31.2 Å². The zero-order chi connectivity index (χ0) is 22.6. The van der Waals surface area contributed by atoms with E-state index in [-0.39, 0.29) is 0 Å². The van der Waals surface area contributed by atoms with Crippen LogP contribution in [0.5, 0.6) is 5.75 Å². The van der Waals surface area contributed by atoms with E-state index in [2.05, 4.69) is 62.1 Å². The molecule has 1 atom stereocenters. The van der Waals surface area contributed by atoms with Crippen LogP contribution in [-0.2, 0) is 6.54 Å². The van der Waals surface area contributed by atoms with Crippen molar-refractivity contribution in [2.24, 2.45) is 0 Å². The third-order valence-electron chi connectivity index (χ3n) is 6.06. The SMILES string of the molecule is Cc1nc2cc(OCC(O)CN3CCN(Cc4ccn(-c5ccccc5)c4)CC3)ccc2s1. The number of fused-ring (bicyclic) bond motifs is 1. The number of para-hydroxylation sites is 1. The molecule has 2 aromatic carbocycles. The lowest BCUT2D eigenvalue weighted by molar-refractivity contribution is 0.0446. The summed E-state index contributed by atoms with van der Waals surface area (Å²) in [7, 11) is 0. The van der Waals surface area contributed by atoms with Crippen molar-refractivity contribution in [1.29, 1.82) is 0 Å². The highest BCUT2D eigenvalue weighted by molar-refractivity contribution is 7.18. The summed E-state index contributed by atoms with van der Waals surface area (Å²) in [5.74, 6) is 0.763. The Labute approximate surface area is 198 Å². The van der Waals surface area contributed by atoms with E-state index >= 15 is 0 Å². The number of ether oxygens (including phenoxy) is 1. The third kappa shape index (κ3) is 5.62. The van der Waals surface area contributed by atoms with Crippen molar-refractivity contribution >= 4 is 21.6 Å². The zero-order valence-corrected chi connectivity index (χ0v) is 19.7. The molecular formula is C26H30N4O2S. The van der Waals surface area contributed by atoms with Gasteiger partial charge in [-0.05, 0) is 42.8 Å². The maximum absolute atomic E-state index is 10.5. The summed E-state index contributed by atoms with van der Waals surface area (Å²) < 4.78 is 9.18. The van der Waals surface area contributed by atoms with Crippen LogP contribution < -0.4 is 4.74 Å². The summed E-state index contributed by atoms with van der Waals surface area (Å²) in [6.07, 6.45) is 3.84. The van der Waals surface area contributed by atoms with E-state index in [0.29, 0.717) is 13.2 Å². The van der Waals surface area contributed by atoms with Crippen molar-refractivity contribution in [2.45, 2.75) is 19.6 Å². The van der Waals surface area contributed by atoms with Crippen LogP contribution in [0.25, 0.3) is 15.9 Å². The Balaban J connectivity index is 1.05. The number of hydrogen-bond donors (Lipinski definition) is 1. The molecule has 3 heterocycles. The minimum Gasteiger partial charge on any atom is -0.491 e. The van der Waals surface area contributed by atoms with Crippen molar-refractivity contribution in [3.63, 3.8) is 0 Å². The van der Waals surface area contributed by atoms with Gasteiger partial charge in [0, 0.05) is 63.4 Å². The number of aromatic nitrogens is 2. The highest BCUT2D eigenvalue weighted by Crippen LogP contribution is 2.25. The lowest BCUT2D eigenvalue weighted by atomic mass is 10.2. The van der Waals surface area contributed by atoms with Crippen LogP contribution in [0.2, 0.25) is 0 Å². The van der Waals surface area contributed by atoms with Gasteiger partial charge in [-0.2, -0.15) is 0 Å². The summed E-state index contributed by atoms with van der Waals surface area (Å²) in [6.45, 7) is 7.82. The van der Waals surface area contributed by atoms with E-state index in [0.717, 1.165) is 53.7 Å². The van der Waals surface area contributed by atoms with Gasteiger partial charge in [0.2, 0.25) is 0 Å². The number of aliphatic hydroxyl groups excluding tert-OH is 1. The van der Waals surface area contributed by atoms with Gasteiger partial charge in [0.05, 0.1) is 15.2 Å². The van der Waals surface area contributed by atoms with Crippen molar-refractivity contribution in [3.8, 4) is 11.4 Å². The molecule has 0 radical (unpaired) electrons. The summed E-state index contributed by atoms with van der Waals surface area (Å²) in [5, 5.41) is 11.5. The number of β-amino-alcohol motifs (C(OH)–C–C–N with tert-alkyl or cyclic N) is 1. The Morgan fingerprint density at radius 1 is 1.03 bits per heavy atom. The van der Waals surface area contributed by atoms with Crippen molar-refractivity contribution < 1.29 is 9.84 Å². The number of thiazole rings is 1. The monoisotopic (exact) mass is 462 g/mol. The molecule has 1 aliphatic heterocycles. The summed E-state index contributed by atoms with van der Waals surface area (Å²) in [4.78, 5) is 9.32. The van der Waals surface area contributed by atoms with Gasteiger partial charge < -0.3 is 14.4 Å². The predicted molar refractivity (Wildman–Crippen MR) is 133 cm³/mol. The van der Waals surface area contributed by atoms with Crippen LogP contribution in [0, 0.1) is 6.92 Å². The average Bonchev–Trinajstić information content (AvgIpc) is 3.45. The molecule has 4 aromatic rings. The number of rotatable bonds is 8. The van der Waals surface area contributed by atoms with E-state index in [1.54, 1.807) is 11.3 Å². The van der Waals surface area contributed by atoms with Crippen molar-refractivity contribution in [3.05, 3.63) is 77.6 Å². The molecule has 1 fully saturated rings. The maximum atomic E-state index is 10.5. The lowest BCUT2D eigenvalue weighted by Crippen LogP contribution is -2.48. The number of benzene rings is 2. The van der Waals surface area contributed by atoms with Crippen LogP contribution in [0.3, 0.4) is 0 Å². The molecule has 0 aliphatic carbocycles. The first-order chi connectivity index (χ1) is 16.1. The molecule has 0 saturated carbocycles. The first-order valence-corrected chi connectivity index (χ1v) is 12.3. The van der Waals surface area contributed by atoms with Gasteiger partial charge in [0.1, 0.15) is 18.5 Å². The quantitative estimate of drug-likeness (QED) is 0.430. The van der Waals surface area contributed by atoms with Gasteiger partial charge >= 0.3 is 0 Å². The Hall–Kier alpha value is -2.71. The van der Waals surface area contributed by atoms with Gasteiger partial charge in [-0.3, -0.25) is 9.80 Å². The topological polar surface area (TPSA) is 53.8 Å². The number of piperazine rings is 1. The minimum absolute atomic E-state index is 0.293. The molecule has 1 unspecified atom stereocenters. The largest absolute Gasteiger partial charge is 0.491 e. The molecule has 33 heavy (non-hydrogen) atoms. The summed E-state index contributed by atoms with van der Waals surface area (Å²) >= 11 is 1.68. The fraction of sp³-hybridized carbons (Fsp3) is 0.346. The maximum Gasteiger partial charge on any atom is 0.121 e. The number of aryl methyl sites for hydroxylation is 1. The predicted octanol–water partition coefficient (Wildman–Crippen LogP) is 3.95. The molecule has 1 aliphatic rings. The van der Waals surface area contributed by atoms with Crippen LogP contribution >= 0.6 is 11.3 Å². The van der Waals surface area contributed by atoms with Gasteiger partial charge in [0.25, 0.3) is 0 Å². The number of nitrogens with zero attached hydrogens (tertiary/aromatic N) is 4. The third-order valence-corrected chi connectivity index (χ3v) is 7.01. The zero-order valence-electron chi connectivity index (χ0n) is 18.9. The average molecular weight is 463 g/mol. The van der Waals surface area contributed by atoms with E-state index in [9.17, 15) is 5.11 Å². The highest BCUT2D eigenvalue weighted by atomic mass is 32.1. The number of hydrogen-bond acceptors (Lipinski definition) is 6. The first-order valence-electron chi connectivity index (χ1n) is 11.5. The molecule has 0 amide bonds. The standard InChI is InChI=1S/C26H30N4O2S/c1-20-27-25-15-24(7-8-26(25)33-20)32-19-23(31)18-29-13-11-28(12-14-29)16-21-9-10-30(17-21)22-5-3-2-4-6-22/h2-10,15,17,23,31H,11-14,16,18-19H2,1H3. The second kappa shape index (κ2) is 10.1. The van der Waals surface area contributed by atoms with Crippen molar-refractivity contribution in [2.75, 3.05) is 39.3 Å². The van der Waals surface area contributed by atoms with E-state index < -0.39 is 6.10 Å². The molecule has 2 aromatic heterocycles. The molecule has 7 heteroatoms. The van der Waals surface area contributed by atoms with Crippen LogP contribution in [0.15, 0.2) is 67.0 Å². The molecule has 1 N–H and O–H groups in total. The van der Waals surface area contributed by atoms with Crippen LogP contribution in [0.4, 0.5) is 0 Å². The molecule has 1 saturated heterocycles. The second-order valence-corrected chi connectivity index (χ2v) is 9.90. The van der Waals surface area contributed by atoms with Crippen LogP contribution in [-0.4, -0.2) is 69.9 Å². The second-order valence-electron chi connectivity index (χ2n) is 8.67. The molecule has 5 rings (SSSR count). The van der Waals surface area contributed by atoms with E-state index in [1.165, 1.54) is 11.3 Å². The fourth-order valence-corrected chi connectivity index (χ4v) is 5.15. The molecule has 0 bridgehead atoms. The Morgan fingerprint density at radius 2 is 1.82 bits per heavy atom. The smallest absolute Gasteiger partial charge is 0.121 e. The fourth-order valence-electron chi connectivity index (χ4n) is 4.34. The highest BCUT2D eigenvalue weighted by Gasteiger charge is 2.20. The Morgan fingerprint density at radius 3 is 2.64 bits per heavy atom. The Kier molecular flexibility index (Phi) is 6.73. The van der Waals surface area contributed by atoms with Gasteiger partial charge in [-0.1, -0.05) is 18.2 Å². The summed E-state index contributed by atoms with van der Waals surface area (Å²) in [6, 6.07) is 18.6. The minimum atomic E-state index is -0.510. The Bertz CT molecular complexity index is 1180. The molecule has 6 nitrogen and oxygen atoms in total. The molecule has 172 valence electrons. The van der Waals surface area contributed by atoms with Gasteiger partial charge in [-0.15, -0.1) is 11.3 Å². The molecular weight excluding hydrogens is 432 g/mol.